The normalized spacial score (nSPS) is 40.4. The Labute approximate surface area is 73.0 Å². The molecule has 0 aromatic heterocycles. The van der Waals surface area contributed by atoms with Gasteiger partial charge in [-0.15, -0.1) is 4.91 Å². The number of nitroso groups, excluding NO2 is 1. The lowest BCUT2D eigenvalue weighted by molar-refractivity contribution is 0.221. The molecule has 0 N–H and O–H groups in total. The van der Waals surface area contributed by atoms with Crippen molar-refractivity contribution in [2.45, 2.75) is 32.6 Å². The van der Waals surface area contributed by atoms with E-state index in [9.17, 15) is 4.91 Å². The first-order chi connectivity index (χ1) is 5.78. The molecule has 3 atom stereocenters. The highest BCUT2D eigenvalue weighted by atomic mass is 16.3. The summed E-state index contributed by atoms with van der Waals surface area (Å²) in [5, 5.41) is 3.07. The molecule has 0 amide bonds. The van der Waals surface area contributed by atoms with Gasteiger partial charge in [0.25, 0.3) is 0 Å². The summed E-state index contributed by atoms with van der Waals surface area (Å²) in [5.41, 5.74) is 0.808. The van der Waals surface area contributed by atoms with Crippen LogP contribution in [0.5, 0.6) is 0 Å². The summed E-state index contributed by atoms with van der Waals surface area (Å²) in [7, 11) is 0. The van der Waals surface area contributed by atoms with E-state index in [4.69, 9.17) is 0 Å². The maximum Gasteiger partial charge on any atom is 0.0814 e. The number of hydrogen-bond acceptors (Lipinski definition) is 2. The zero-order valence-electron chi connectivity index (χ0n) is 7.49. The van der Waals surface area contributed by atoms with Gasteiger partial charge in [0.05, 0.1) is 5.70 Å². The van der Waals surface area contributed by atoms with Gasteiger partial charge in [-0.05, 0) is 48.6 Å². The fraction of sp³-hybridized carbons (Fsp3) is 0.800. The van der Waals surface area contributed by atoms with Crippen LogP contribution in [0.4, 0.5) is 0 Å². The standard InChI is InChI=1S/C10H15NO/c1-7-2-8-4-9(3-7)6-10(5-8)11-12/h5,7-9H,2-4,6H2,1H3. The zero-order valence-corrected chi connectivity index (χ0v) is 7.49. The van der Waals surface area contributed by atoms with E-state index in [-0.39, 0.29) is 0 Å². The fourth-order valence-electron chi connectivity index (χ4n) is 2.81. The average molecular weight is 165 g/mol. The van der Waals surface area contributed by atoms with E-state index in [1.807, 2.05) is 0 Å². The van der Waals surface area contributed by atoms with Crippen molar-refractivity contribution in [2.24, 2.45) is 22.9 Å². The van der Waals surface area contributed by atoms with E-state index in [0.29, 0.717) is 5.92 Å². The largest absolute Gasteiger partial charge is 0.145 e. The molecule has 2 aliphatic carbocycles. The Morgan fingerprint density at radius 2 is 2.25 bits per heavy atom. The Hall–Kier alpha value is -0.660. The quantitative estimate of drug-likeness (QED) is 0.549. The van der Waals surface area contributed by atoms with Crippen molar-refractivity contribution in [3.8, 4) is 0 Å². The Morgan fingerprint density at radius 3 is 2.92 bits per heavy atom. The summed E-state index contributed by atoms with van der Waals surface area (Å²) >= 11 is 0. The van der Waals surface area contributed by atoms with Gasteiger partial charge in [0.15, 0.2) is 0 Å². The van der Waals surface area contributed by atoms with E-state index < -0.39 is 0 Å². The lowest BCUT2D eigenvalue weighted by Crippen LogP contribution is -2.24. The van der Waals surface area contributed by atoms with Gasteiger partial charge in [-0.3, -0.25) is 0 Å². The van der Waals surface area contributed by atoms with Crippen LogP contribution in [0.3, 0.4) is 0 Å². The molecule has 2 heteroatoms. The molecule has 0 aromatic rings. The van der Waals surface area contributed by atoms with Crippen LogP contribution in [0.1, 0.15) is 32.6 Å². The molecule has 0 aliphatic heterocycles. The molecular weight excluding hydrogens is 150 g/mol. The van der Waals surface area contributed by atoms with Crippen molar-refractivity contribution in [1.29, 1.82) is 0 Å². The second-order valence-electron chi connectivity index (χ2n) is 4.39. The van der Waals surface area contributed by atoms with Crippen LogP contribution in [0.25, 0.3) is 0 Å². The molecule has 0 aromatic carbocycles. The third-order valence-electron chi connectivity index (χ3n) is 3.12. The molecular formula is C10H15NO. The van der Waals surface area contributed by atoms with Crippen molar-refractivity contribution in [3.63, 3.8) is 0 Å². The SMILES string of the molecule is CC1CC2C=C(N=O)CC(C1)C2. The number of allylic oxidation sites excluding steroid dienone is 2. The van der Waals surface area contributed by atoms with Crippen molar-refractivity contribution >= 4 is 0 Å². The molecule has 0 spiro atoms. The summed E-state index contributed by atoms with van der Waals surface area (Å²) in [6.45, 7) is 2.31. The smallest absolute Gasteiger partial charge is 0.0814 e. The lowest BCUT2D eigenvalue weighted by Gasteiger charge is -2.35. The predicted octanol–water partition coefficient (Wildman–Crippen LogP) is 3.09. The summed E-state index contributed by atoms with van der Waals surface area (Å²) in [6.07, 6.45) is 6.88. The minimum absolute atomic E-state index is 0.653. The highest BCUT2D eigenvalue weighted by molar-refractivity contribution is 5.10. The Balaban J connectivity index is 2.14. The van der Waals surface area contributed by atoms with Gasteiger partial charge in [-0.25, -0.2) is 0 Å². The van der Waals surface area contributed by atoms with Crippen LogP contribution < -0.4 is 0 Å². The van der Waals surface area contributed by atoms with Crippen molar-refractivity contribution in [3.05, 3.63) is 16.7 Å². The molecule has 12 heavy (non-hydrogen) atoms. The van der Waals surface area contributed by atoms with Gasteiger partial charge in [0, 0.05) is 0 Å². The lowest BCUT2D eigenvalue weighted by atomic mass is 9.71. The molecule has 0 heterocycles. The average Bonchev–Trinajstić information content (AvgIpc) is 2.02. The Kier molecular flexibility index (Phi) is 1.99. The Morgan fingerprint density at radius 1 is 1.42 bits per heavy atom. The molecule has 3 unspecified atom stereocenters. The molecule has 0 saturated heterocycles. The minimum Gasteiger partial charge on any atom is -0.145 e. The zero-order chi connectivity index (χ0) is 8.55. The van der Waals surface area contributed by atoms with Crippen LogP contribution in [0, 0.1) is 22.7 Å². The molecule has 2 nitrogen and oxygen atoms in total. The summed E-state index contributed by atoms with van der Waals surface area (Å²) < 4.78 is 0. The fourth-order valence-corrected chi connectivity index (χ4v) is 2.81. The summed E-state index contributed by atoms with van der Waals surface area (Å²) in [6, 6.07) is 0. The van der Waals surface area contributed by atoms with Crippen LogP contribution in [0.15, 0.2) is 16.9 Å². The molecule has 2 rings (SSSR count). The van der Waals surface area contributed by atoms with E-state index >= 15 is 0 Å². The van der Waals surface area contributed by atoms with Gasteiger partial charge in [0.2, 0.25) is 0 Å². The monoisotopic (exact) mass is 165 g/mol. The second-order valence-corrected chi connectivity index (χ2v) is 4.39. The van der Waals surface area contributed by atoms with E-state index in [1.54, 1.807) is 0 Å². The third kappa shape index (κ3) is 1.43. The molecule has 66 valence electrons. The van der Waals surface area contributed by atoms with Crippen LogP contribution >= 0.6 is 0 Å². The first kappa shape index (κ1) is 7.96. The van der Waals surface area contributed by atoms with Crippen LogP contribution in [-0.4, -0.2) is 0 Å². The maximum absolute atomic E-state index is 10.4. The number of fused-ring (bicyclic) bond motifs is 2. The van der Waals surface area contributed by atoms with Gasteiger partial charge in [0.1, 0.15) is 0 Å². The van der Waals surface area contributed by atoms with Gasteiger partial charge >= 0.3 is 0 Å². The Bertz CT molecular complexity index is 222. The second kappa shape index (κ2) is 3.00. The minimum atomic E-state index is 0.653. The van der Waals surface area contributed by atoms with Crippen LogP contribution in [-0.2, 0) is 0 Å². The van der Waals surface area contributed by atoms with Crippen molar-refractivity contribution in [2.75, 3.05) is 0 Å². The van der Waals surface area contributed by atoms with E-state index in [2.05, 4.69) is 18.2 Å². The summed E-state index contributed by atoms with van der Waals surface area (Å²) in [4.78, 5) is 10.4. The van der Waals surface area contributed by atoms with Crippen molar-refractivity contribution in [1.82, 2.24) is 0 Å². The predicted molar refractivity (Wildman–Crippen MR) is 48.5 cm³/mol. The molecule has 1 fully saturated rings. The molecule has 1 saturated carbocycles. The third-order valence-corrected chi connectivity index (χ3v) is 3.12. The highest BCUT2D eigenvalue weighted by Gasteiger charge is 2.30. The van der Waals surface area contributed by atoms with Crippen molar-refractivity contribution < 1.29 is 0 Å². The van der Waals surface area contributed by atoms with Crippen LogP contribution in [0.2, 0.25) is 0 Å². The van der Waals surface area contributed by atoms with Gasteiger partial charge in [-0.1, -0.05) is 13.0 Å². The van der Waals surface area contributed by atoms with Gasteiger partial charge in [-0.2, -0.15) is 0 Å². The molecule has 2 aliphatic rings. The first-order valence-corrected chi connectivity index (χ1v) is 4.82. The van der Waals surface area contributed by atoms with E-state index in [0.717, 1.165) is 24.0 Å². The van der Waals surface area contributed by atoms with Gasteiger partial charge < -0.3 is 0 Å². The first-order valence-electron chi connectivity index (χ1n) is 4.82. The number of rotatable bonds is 1. The highest BCUT2D eigenvalue weighted by Crippen LogP contribution is 2.41. The van der Waals surface area contributed by atoms with E-state index in [1.165, 1.54) is 19.3 Å². The number of hydrogen-bond donors (Lipinski definition) is 0. The summed E-state index contributed by atoms with van der Waals surface area (Å²) in [5.74, 6) is 2.25. The number of nitrogens with zero attached hydrogens (tertiary/aromatic N) is 1. The maximum atomic E-state index is 10.4. The molecule has 2 bridgehead atoms. The topological polar surface area (TPSA) is 29.4 Å². The molecule has 0 radical (unpaired) electrons.